The molecule has 1 aromatic carbocycles. The van der Waals surface area contributed by atoms with Crippen LogP contribution in [-0.4, -0.2) is 34.3 Å². The van der Waals surface area contributed by atoms with Crippen molar-refractivity contribution in [1.82, 2.24) is 15.1 Å². The summed E-state index contributed by atoms with van der Waals surface area (Å²) in [7, 11) is 0. The number of fused-ring (bicyclic) bond motifs is 1. The lowest BCUT2D eigenvalue weighted by molar-refractivity contribution is -0.149. The molecule has 0 unspecified atom stereocenters. The van der Waals surface area contributed by atoms with Gasteiger partial charge in [0, 0.05) is 6.04 Å². The molecule has 0 spiro atoms. The van der Waals surface area contributed by atoms with Crippen molar-refractivity contribution in [2.24, 2.45) is 0 Å². The van der Waals surface area contributed by atoms with Crippen molar-refractivity contribution in [3.8, 4) is 0 Å². The Labute approximate surface area is 143 Å². The molecular weight excluding hydrogens is 326 g/mol. The van der Waals surface area contributed by atoms with Crippen molar-refractivity contribution < 1.29 is 14.3 Å². The first kappa shape index (κ1) is 18.4. The van der Waals surface area contributed by atoms with E-state index in [1.165, 1.54) is 12.1 Å². The van der Waals surface area contributed by atoms with Crippen molar-refractivity contribution in [3.05, 3.63) is 45.0 Å². The summed E-state index contributed by atoms with van der Waals surface area (Å²) in [6.07, 6.45) is 1.76. The average molecular weight is 347 g/mol. The zero-order chi connectivity index (χ0) is 18.4. The highest BCUT2D eigenvalue weighted by molar-refractivity contribution is 5.81. The van der Waals surface area contributed by atoms with Gasteiger partial charge in [0.05, 0.1) is 10.8 Å². The van der Waals surface area contributed by atoms with Crippen LogP contribution in [0.5, 0.6) is 0 Å². The van der Waals surface area contributed by atoms with Crippen LogP contribution in [0.4, 0.5) is 0 Å². The standard InChI is InChI=1S/C17H21N3O5/c1-3-6-11(2)18-14(21)10-25-15(22)9-20-17(24)13-8-5-4-7-12(13)16(23)19-20/h4-5,7-8,11H,3,6,9-10H2,1-2H3,(H,18,21)(H,19,23)/t11-/m0/s1. The average Bonchev–Trinajstić information content (AvgIpc) is 2.58. The van der Waals surface area contributed by atoms with E-state index in [-0.39, 0.29) is 16.8 Å². The Bertz CT molecular complexity index is 884. The first-order chi connectivity index (χ1) is 11.9. The van der Waals surface area contributed by atoms with E-state index in [4.69, 9.17) is 4.74 Å². The summed E-state index contributed by atoms with van der Waals surface area (Å²) >= 11 is 0. The number of hydrogen-bond donors (Lipinski definition) is 2. The topological polar surface area (TPSA) is 110 Å². The van der Waals surface area contributed by atoms with Crippen LogP contribution >= 0.6 is 0 Å². The van der Waals surface area contributed by atoms with E-state index in [2.05, 4.69) is 10.4 Å². The number of carbonyl (C=O) groups excluding carboxylic acids is 2. The van der Waals surface area contributed by atoms with Gasteiger partial charge in [-0.25, -0.2) is 4.68 Å². The molecule has 1 atom stereocenters. The molecular formula is C17H21N3O5. The zero-order valence-electron chi connectivity index (χ0n) is 14.2. The van der Waals surface area contributed by atoms with Crippen LogP contribution in [0.15, 0.2) is 33.9 Å². The lowest BCUT2D eigenvalue weighted by Crippen LogP contribution is -2.37. The van der Waals surface area contributed by atoms with Crippen molar-refractivity contribution in [1.29, 1.82) is 0 Å². The van der Waals surface area contributed by atoms with Crippen LogP contribution in [0, 0.1) is 0 Å². The Morgan fingerprint density at radius 1 is 1.24 bits per heavy atom. The van der Waals surface area contributed by atoms with Gasteiger partial charge in [-0.3, -0.25) is 24.3 Å². The Kier molecular flexibility index (Phi) is 6.10. The Morgan fingerprint density at radius 2 is 1.92 bits per heavy atom. The predicted octanol–water partition coefficient (Wildman–Crippen LogP) is 0.538. The van der Waals surface area contributed by atoms with Crippen molar-refractivity contribution in [3.63, 3.8) is 0 Å². The van der Waals surface area contributed by atoms with Gasteiger partial charge < -0.3 is 10.1 Å². The maximum absolute atomic E-state index is 12.3. The molecule has 2 rings (SSSR count). The highest BCUT2D eigenvalue weighted by Gasteiger charge is 2.13. The van der Waals surface area contributed by atoms with E-state index in [1.807, 2.05) is 13.8 Å². The first-order valence-electron chi connectivity index (χ1n) is 8.09. The second-order valence-electron chi connectivity index (χ2n) is 5.80. The van der Waals surface area contributed by atoms with Crippen molar-refractivity contribution >= 4 is 22.6 Å². The van der Waals surface area contributed by atoms with Crippen LogP contribution in [0.1, 0.15) is 26.7 Å². The number of carbonyl (C=O) groups is 2. The summed E-state index contributed by atoms with van der Waals surface area (Å²) in [5.74, 6) is -1.19. The molecule has 1 aromatic heterocycles. The van der Waals surface area contributed by atoms with Crippen LogP contribution in [0.3, 0.4) is 0 Å². The van der Waals surface area contributed by atoms with Crippen molar-refractivity contribution in [2.45, 2.75) is 39.3 Å². The van der Waals surface area contributed by atoms with E-state index in [0.29, 0.717) is 0 Å². The SMILES string of the molecule is CCC[C@H](C)NC(=O)COC(=O)Cn1[nH]c(=O)c2ccccc2c1=O. The highest BCUT2D eigenvalue weighted by Crippen LogP contribution is 2.02. The number of nitrogens with one attached hydrogen (secondary N) is 2. The molecule has 0 saturated heterocycles. The molecule has 8 nitrogen and oxygen atoms in total. The molecule has 1 heterocycles. The summed E-state index contributed by atoms with van der Waals surface area (Å²) in [6.45, 7) is 2.96. The minimum atomic E-state index is -0.786. The number of H-pyrrole nitrogens is 1. The predicted molar refractivity (Wildman–Crippen MR) is 92.3 cm³/mol. The van der Waals surface area contributed by atoms with Crippen molar-refractivity contribution in [2.75, 3.05) is 6.61 Å². The number of rotatable bonds is 7. The molecule has 0 fully saturated rings. The van der Waals surface area contributed by atoms with Crippen LogP contribution in [0.2, 0.25) is 0 Å². The van der Waals surface area contributed by atoms with E-state index >= 15 is 0 Å². The van der Waals surface area contributed by atoms with E-state index < -0.39 is 36.1 Å². The third kappa shape index (κ3) is 4.79. The molecule has 8 heteroatoms. The lowest BCUT2D eigenvalue weighted by atomic mass is 10.2. The number of nitrogens with zero attached hydrogens (tertiary/aromatic N) is 1. The van der Waals surface area contributed by atoms with Gasteiger partial charge in [0.1, 0.15) is 6.54 Å². The maximum atomic E-state index is 12.3. The first-order valence-corrected chi connectivity index (χ1v) is 8.09. The second-order valence-corrected chi connectivity index (χ2v) is 5.80. The smallest absolute Gasteiger partial charge is 0.328 e. The van der Waals surface area contributed by atoms with Crippen LogP contribution in [0.25, 0.3) is 10.8 Å². The van der Waals surface area contributed by atoms with Gasteiger partial charge in [0.15, 0.2) is 6.61 Å². The molecule has 25 heavy (non-hydrogen) atoms. The number of aromatic amines is 1. The molecule has 1 amide bonds. The Morgan fingerprint density at radius 3 is 2.60 bits per heavy atom. The van der Waals surface area contributed by atoms with Gasteiger partial charge in [-0.2, -0.15) is 0 Å². The summed E-state index contributed by atoms with van der Waals surface area (Å²) in [5.41, 5.74) is -0.984. The third-order valence-electron chi connectivity index (χ3n) is 3.66. The number of esters is 1. The lowest BCUT2D eigenvalue weighted by Gasteiger charge is -2.13. The van der Waals surface area contributed by atoms with E-state index in [0.717, 1.165) is 17.5 Å². The fraction of sp³-hybridized carbons (Fsp3) is 0.412. The molecule has 0 aliphatic carbocycles. The number of benzene rings is 1. The number of amides is 1. The summed E-state index contributed by atoms with van der Waals surface area (Å²) in [4.78, 5) is 47.7. The number of ether oxygens (including phenoxy) is 1. The molecule has 0 radical (unpaired) electrons. The van der Waals surface area contributed by atoms with E-state index in [1.54, 1.807) is 12.1 Å². The summed E-state index contributed by atoms with van der Waals surface area (Å²) in [5, 5.41) is 5.50. The molecule has 2 N–H and O–H groups in total. The fourth-order valence-corrected chi connectivity index (χ4v) is 2.50. The molecule has 2 aromatic rings. The normalized spacial score (nSPS) is 11.9. The molecule has 0 aliphatic rings. The molecule has 134 valence electrons. The van der Waals surface area contributed by atoms with Gasteiger partial charge >= 0.3 is 5.97 Å². The Balaban J connectivity index is 2.01. The van der Waals surface area contributed by atoms with Crippen LogP contribution < -0.4 is 16.4 Å². The third-order valence-corrected chi connectivity index (χ3v) is 3.66. The van der Waals surface area contributed by atoms with Gasteiger partial charge in [-0.1, -0.05) is 25.5 Å². The van der Waals surface area contributed by atoms with E-state index in [9.17, 15) is 19.2 Å². The number of aromatic nitrogens is 2. The number of hydrogen-bond acceptors (Lipinski definition) is 5. The fourth-order valence-electron chi connectivity index (χ4n) is 2.50. The minimum Gasteiger partial charge on any atom is -0.454 e. The molecule has 0 aliphatic heterocycles. The highest BCUT2D eigenvalue weighted by atomic mass is 16.5. The summed E-state index contributed by atoms with van der Waals surface area (Å²) in [6, 6.07) is 6.31. The summed E-state index contributed by atoms with van der Waals surface area (Å²) < 4.78 is 5.74. The van der Waals surface area contributed by atoms with Gasteiger partial charge in [-0.15, -0.1) is 0 Å². The Hall–Kier alpha value is -2.90. The van der Waals surface area contributed by atoms with Gasteiger partial charge in [-0.05, 0) is 25.5 Å². The second kappa shape index (κ2) is 8.27. The van der Waals surface area contributed by atoms with Crippen LogP contribution in [-0.2, 0) is 20.9 Å². The molecule has 0 bridgehead atoms. The monoisotopic (exact) mass is 347 g/mol. The quantitative estimate of drug-likeness (QED) is 0.710. The van der Waals surface area contributed by atoms with Gasteiger partial charge in [0.2, 0.25) is 0 Å². The zero-order valence-corrected chi connectivity index (χ0v) is 14.2. The van der Waals surface area contributed by atoms with Gasteiger partial charge in [0.25, 0.3) is 17.0 Å². The minimum absolute atomic E-state index is 0.00401. The maximum Gasteiger partial charge on any atom is 0.328 e. The largest absolute Gasteiger partial charge is 0.454 e. The molecule has 0 saturated carbocycles.